The number of rotatable bonds is 4. The molecule has 0 unspecified atom stereocenters. The molecule has 3 aromatic rings. The Kier molecular flexibility index (Phi) is 3.70. The summed E-state index contributed by atoms with van der Waals surface area (Å²) in [7, 11) is 1.53. The molecule has 0 bridgehead atoms. The maximum absolute atomic E-state index is 9.92. The summed E-state index contributed by atoms with van der Waals surface area (Å²) in [5, 5.41) is 10.8. The normalized spacial score (nSPS) is 11.0. The van der Waals surface area contributed by atoms with Crippen LogP contribution in [-0.4, -0.2) is 32.3 Å². The summed E-state index contributed by atoms with van der Waals surface area (Å²) < 4.78 is 7.02. The SMILES string of the molecule is CCSc1nc(-c2ccc(OC)c(O)c2)cc2nccn12. The first-order valence-electron chi connectivity index (χ1n) is 6.57. The molecule has 0 aliphatic carbocycles. The van der Waals surface area contributed by atoms with Crippen LogP contribution in [0.5, 0.6) is 11.5 Å². The minimum Gasteiger partial charge on any atom is -0.504 e. The van der Waals surface area contributed by atoms with E-state index >= 15 is 0 Å². The fourth-order valence-electron chi connectivity index (χ4n) is 2.12. The molecule has 0 aliphatic rings. The number of phenolic OH excluding ortho intramolecular Hbond substituents is 1. The van der Waals surface area contributed by atoms with Crippen LogP contribution >= 0.6 is 11.8 Å². The van der Waals surface area contributed by atoms with Crippen LogP contribution in [0.4, 0.5) is 0 Å². The lowest BCUT2D eigenvalue weighted by molar-refractivity contribution is 0.373. The number of thioether (sulfide) groups is 1. The van der Waals surface area contributed by atoms with Gasteiger partial charge in [-0.1, -0.05) is 18.7 Å². The highest BCUT2D eigenvalue weighted by Gasteiger charge is 2.10. The second kappa shape index (κ2) is 5.65. The van der Waals surface area contributed by atoms with Crippen molar-refractivity contribution >= 4 is 17.4 Å². The molecule has 0 amide bonds. The van der Waals surface area contributed by atoms with Crippen LogP contribution in [0, 0.1) is 0 Å². The topological polar surface area (TPSA) is 59.7 Å². The summed E-state index contributed by atoms with van der Waals surface area (Å²) in [6.07, 6.45) is 3.65. The van der Waals surface area contributed by atoms with Gasteiger partial charge in [-0.25, -0.2) is 9.97 Å². The van der Waals surface area contributed by atoms with Gasteiger partial charge in [0, 0.05) is 24.0 Å². The first-order valence-corrected chi connectivity index (χ1v) is 7.55. The van der Waals surface area contributed by atoms with Gasteiger partial charge in [0.25, 0.3) is 0 Å². The third kappa shape index (κ3) is 2.54. The summed E-state index contributed by atoms with van der Waals surface area (Å²) in [6, 6.07) is 7.16. The van der Waals surface area contributed by atoms with Gasteiger partial charge in [0.05, 0.1) is 12.8 Å². The van der Waals surface area contributed by atoms with E-state index in [0.717, 1.165) is 27.8 Å². The summed E-state index contributed by atoms with van der Waals surface area (Å²) >= 11 is 1.65. The van der Waals surface area contributed by atoms with E-state index in [4.69, 9.17) is 4.74 Å². The summed E-state index contributed by atoms with van der Waals surface area (Å²) in [5.74, 6) is 1.48. The maximum atomic E-state index is 9.92. The van der Waals surface area contributed by atoms with Crippen LogP contribution in [0.15, 0.2) is 41.8 Å². The van der Waals surface area contributed by atoms with Crippen molar-refractivity contribution in [2.45, 2.75) is 12.1 Å². The highest BCUT2D eigenvalue weighted by Crippen LogP contribution is 2.31. The van der Waals surface area contributed by atoms with Gasteiger partial charge in [0.2, 0.25) is 0 Å². The lowest BCUT2D eigenvalue weighted by Crippen LogP contribution is -1.96. The molecule has 0 saturated carbocycles. The number of phenols is 1. The highest BCUT2D eigenvalue weighted by atomic mass is 32.2. The molecule has 108 valence electrons. The van der Waals surface area contributed by atoms with E-state index in [9.17, 15) is 5.11 Å². The molecule has 2 aromatic heterocycles. The number of nitrogens with zero attached hydrogens (tertiary/aromatic N) is 3. The molecule has 1 N–H and O–H groups in total. The second-order valence-electron chi connectivity index (χ2n) is 4.40. The zero-order valence-electron chi connectivity index (χ0n) is 11.8. The molecule has 0 saturated heterocycles. The molecule has 0 aliphatic heterocycles. The van der Waals surface area contributed by atoms with Crippen LogP contribution in [-0.2, 0) is 0 Å². The van der Waals surface area contributed by atoms with Crippen LogP contribution in [0.3, 0.4) is 0 Å². The van der Waals surface area contributed by atoms with Gasteiger partial charge in [0.15, 0.2) is 16.7 Å². The Hall–Kier alpha value is -2.21. The van der Waals surface area contributed by atoms with Crippen LogP contribution in [0.2, 0.25) is 0 Å². The molecule has 0 fully saturated rings. The fraction of sp³-hybridized carbons (Fsp3) is 0.200. The zero-order chi connectivity index (χ0) is 14.8. The predicted octanol–water partition coefficient (Wildman–Crippen LogP) is 3.22. The molecule has 1 aromatic carbocycles. The molecule has 6 heteroatoms. The van der Waals surface area contributed by atoms with Gasteiger partial charge in [-0.3, -0.25) is 4.40 Å². The first-order chi connectivity index (χ1) is 10.2. The van der Waals surface area contributed by atoms with Gasteiger partial charge in [-0.2, -0.15) is 0 Å². The number of benzene rings is 1. The van der Waals surface area contributed by atoms with E-state index in [1.165, 1.54) is 7.11 Å². The Bertz CT molecular complexity index is 786. The quantitative estimate of drug-likeness (QED) is 0.592. The monoisotopic (exact) mass is 301 g/mol. The maximum Gasteiger partial charge on any atom is 0.174 e. The van der Waals surface area contributed by atoms with Crippen molar-refractivity contribution in [2.75, 3.05) is 12.9 Å². The van der Waals surface area contributed by atoms with E-state index in [1.54, 1.807) is 30.1 Å². The smallest absolute Gasteiger partial charge is 0.174 e. The third-order valence-electron chi connectivity index (χ3n) is 3.11. The van der Waals surface area contributed by atoms with E-state index in [2.05, 4.69) is 16.9 Å². The van der Waals surface area contributed by atoms with Gasteiger partial charge < -0.3 is 9.84 Å². The van der Waals surface area contributed by atoms with Crippen molar-refractivity contribution in [1.82, 2.24) is 14.4 Å². The van der Waals surface area contributed by atoms with E-state index in [0.29, 0.717) is 5.75 Å². The van der Waals surface area contributed by atoms with Crippen molar-refractivity contribution in [3.8, 4) is 22.8 Å². The average molecular weight is 301 g/mol. The molecule has 0 radical (unpaired) electrons. The molecular weight excluding hydrogens is 286 g/mol. The van der Waals surface area contributed by atoms with Crippen molar-refractivity contribution in [3.63, 3.8) is 0 Å². The molecule has 21 heavy (non-hydrogen) atoms. The Morgan fingerprint density at radius 2 is 2.19 bits per heavy atom. The number of aromatic nitrogens is 3. The first kappa shape index (κ1) is 13.8. The van der Waals surface area contributed by atoms with Crippen LogP contribution in [0.25, 0.3) is 16.9 Å². The standard InChI is InChI=1S/C15H15N3O2S/c1-3-21-15-17-11(9-14-16-6-7-18(14)15)10-4-5-13(20-2)12(19)8-10/h4-9,19H,3H2,1-2H3. The Morgan fingerprint density at radius 1 is 1.33 bits per heavy atom. The van der Waals surface area contributed by atoms with Crippen LogP contribution < -0.4 is 4.74 Å². The second-order valence-corrected chi connectivity index (χ2v) is 5.63. The summed E-state index contributed by atoms with van der Waals surface area (Å²) in [5.41, 5.74) is 2.45. The number of methoxy groups -OCH3 is 1. The lowest BCUT2D eigenvalue weighted by atomic mass is 10.1. The van der Waals surface area contributed by atoms with Crippen molar-refractivity contribution in [1.29, 1.82) is 0 Å². The van der Waals surface area contributed by atoms with Gasteiger partial charge in [-0.15, -0.1) is 0 Å². The minimum atomic E-state index is 0.102. The minimum absolute atomic E-state index is 0.102. The van der Waals surface area contributed by atoms with Gasteiger partial charge in [0.1, 0.15) is 5.65 Å². The number of imidazole rings is 1. The number of fused-ring (bicyclic) bond motifs is 1. The number of aromatic hydroxyl groups is 1. The number of hydrogen-bond donors (Lipinski definition) is 1. The van der Waals surface area contributed by atoms with Gasteiger partial charge >= 0.3 is 0 Å². The molecule has 0 spiro atoms. The van der Waals surface area contributed by atoms with E-state index < -0.39 is 0 Å². The zero-order valence-corrected chi connectivity index (χ0v) is 12.6. The molecule has 0 atom stereocenters. The lowest BCUT2D eigenvalue weighted by Gasteiger charge is -2.09. The summed E-state index contributed by atoms with van der Waals surface area (Å²) in [4.78, 5) is 8.99. The summed E-state index contributed by atoms with van der Waals surface area (Å²) in [6.45, 7) is 2.08. The third-order valence-corrected chi connectivity index (χ3v) is 3.94. The van der Waals surface area contributed by atoms with E-state index in [-0.39, 0.29) is 5.75 Å². The number of hydrogen-bond acceptors (Lipinski definition) is 5. The Labute approximate surface area is 126 Å². The number of ether oxygens (including phenoxy) is 1. The molecular formula is C15H15N3O2S. The predicted molar refractivity (Wildman–Crippen MR) is 83.0 cm³/mol. The fourth-order valence-corrected chi connectivity index (χ4v) is 2.84. The molecule has 2 heterocycles. The van der Waals surface area contributed by atoms with Crippen molar-refractivity contribution in [3.05, 3.63) is 36.7 Å². The highest BCUT2D eigenvalue weighted by molar-refractivity contribution is 7.99. The Morgan fingerprint density at radius 3 is 2.90 bits per heavy atom. The van der Waals surface area contributed by atoms with Crippen molar-refractivity contribution < 1.29 is 9.84 Å². The van der Waals surface area contributed by atoms with Gasteiger partial charge in [-0.05, 0) is 24.0 Å². The molecule has 5 nitrogen and oxygen atoms in total. The van der Waals surface area contributed by atoms with Crippen LogP contribution in [0.1, 0.15) is 6.92 Å². The Balaban J connectivity index is 2.13. The van der Waals surface area contributed by atoms with E-state index in [1.807, 2.05) is 22.7 Å². The average Bonchev–Trinajstić information content (AvgIpc) is 2.96. The molecule has 3 rings (SSSR count). The largest absolute Gasteiger partial charge is 0.504 e. The van der Waals surface area contributed by atoms with Crippen molar-refractivity contribution in [2.24, 2.45) is 0 Å².